The predicted octanol–water partition coefficient (Wildman–Crippen LogP) is 1.12. The zero-order valence-electron chi connectivity index (χ0n) is 7.70. The summed E-state index contributed by atoms with van der Waals surface area (Å²) in [6.07, 6.45) is 0. The van der Waals surface area contributed by atoms with Gasteiger partial charge in [0.05, 0.1) is 12.6 Å². The number of nitrogens with one attached hydrogen (secondary N) is 1. The lowest BCUT2D eigenvalue weighted by atomic mass is 10.2. The number of aromatic amines is 1. The van der Waals surface area contributed by atoms with Gasteiger partial charge in [-0.15, -0.1) is 0 Å². The number of anilines is 1. The fourth-order valence-corrected chi connectivity index (χ4v) is 1.39. The van der Waals surface area contributed by atoms with Crippen LogP contribution in [0.15, 0.2) is 29.1 Å². The van der Waals surface area contributed by atoms with E-state index in [2.05, 4.69) is 4.98 Å². The monoisotopic (exact) mass is 190 g/mol. The Morgan fingerprint density at radius 2 is 2.14 bits per heavy atom. The average molecular weight is 190 g/mol. The molecule has 1 aromatic heterocycles. The first-order valence-electron chi connectivity index (χ1n) is 4.17. The summed E-state index contributed by atoms with van der Waals surface area (Å²) >= 11 is 0. The van der Waals surface area contributed by atoms with Gasteiger partial charge in [-0.05, 0) is 18.2 Å². The number of H-pyrrole nitrogens is 1. The lowest BCUT2D eigenvalue weighted by molar-refractivity contribution is 0.415. The fourth-order valence-electron chi connectivity index (χ4n) is 1.39. The highest BCUT2D eigenvalue weighted by molar-refractivity contribution is 5.90. The second kappa shape index (κ2) is 3.06. The molecule has 0 fully saturated rings. The Morgan fingerprint density at radius 1 is 1.36 bits per heavy atom. The quantitative estimate of drug-likeness (QED) is 0.708. The topological polar surface area (TPSA) is 68.1 Å². The zero-order valence-corrected chi connectivity index (χ0v) is 7.70. The van der Waals surface area contributed by atoms with Gasteiger partial charge >= 0.3 is 0 Å². The number of methoxy groups -OCH3 is 1. The molecule has 0 spiro atoms. The molecule has 0 aliphatic heterocycles. The minimum Gasteiger partial charge on any atom is -0.497 e. The van der Waals surface area contributed by atoms with Crippen LogP contribution in [0.1, 0.15) is 0 Å². The van der Waals surface area contributed by atoms with E-state index in [1.165, 1.54) is 6.07 Å². The van der Waals surface area contributed by atoms with Gasteiger partial charge in [0.25, 0.3) is 0 Å². The van der Waals surface area contributed by atoms with E-state index in [1.807, 2.05) is 0 Å². The van der Waals surface area contributed by atoms with Crippen LogP contribution in [0.2, 0.25) is 0 Å². The first-order chi connectivity index (χ1) is 6.70. The molecular formula is C10H10N2O2. The van der Waals surface area contributed by atoms with E-state index in [-0.39, 0.29) is 5.56 Å². The van der Waals surface area contributed by atoms with Gasteiger partial charge in [0.2, 0.25) is 5.56 Å². The number of benzene rings is 1. The standard InChI is InChI=1S/C10H10N2O2/c1-14-6-2-3-9-7(4-6)8(11)5-10(13)12-9/h2-5H,1H3,(H3,11,12,13). The van der Waals surface area contributed by atoms with Gasteiger partial charge in [0, 0.05) is 17.1 Å². The van der Waals surface area contributed by atoms with Crippen LogP contribution in [-0.4, -0.2) is 12.1 Å². The van der Waals surface area contributed by atoms with Crippen molar-refractivity contribution < 1.29 is 4.74 Å². The fraction of sp³-hybridized carbons (Fsp3) is 0.100. The van der Waals surface area contributed by atoms with Crippen molar-refractivity contribution in [2.24, 2.45) is 0 Å². The number of pyridine rings is 1. The number of aromatic nitrogens is 1. The Morgan fingerprint density at radius 3 is 2.86 bits per heavy atom. The number of rotatable bonds is 1. The van der Waals surface area contributed by atoms with Gasteiger partial charge in [0.1, 0.15) is 5.75 Å². The highest BCUT2D eigenvalue weighted by Crippen LogP contribution is 2.22. The lowest BCUT2D eigenvalue weighted by Crippen LogP contribution is -2.06. The maximum atomic E-state index is 11.1. The molecule has 0 bridgehead atoms. The normalized spacial score (nSPS) is 10.4. The Bertz CT molecular complexity index is 531. The molecule has 2 aromatic rings. The molecule has 4 heteroatoms. The molecule has 0 radical (unpaired) electrons. The molecule has 1 heterocycles. The van der Waals surface area contributed by atoms with E-state index in [1.54, 1.807) is 25.3 Å². The predicted molar refractivity (Wildman–Crippen MR) is 55.5 cm³/mol. The van der Waals surface area contributed by atoms with Crippen LogP contribution in [0.5, 0.6) is 5.75 Å². The molecule has 14 heavy (non-hydrogen) atoms. The van der Waals surface area contributed by atoms with Crippen molar-refractivity contribution in [3.63, 3.8) is 0 Å². The maximum absolute atomic E-state index is 11.1. The van der Waals surface area contributed by atoms with Crippen LogP contribution >= 0.6 is 0 Å². The van der Waals surface area contributed by atoms with Crippen molar-refractivity contribution in [3.8, 4) is 5.75 Å². The number of hydrogen-bond acceptors (Lipinski definition) is 3. The van der Waals surface area contributed by atoms with Gasteiger partial charge in [-0.25, -0.2) is 0 Å². The molecule has 0 amide bonds. The van der Waals surface area contributed by atoms with Crippen LogP contribution in [0.3, 0.4) is 0 Å². The minimum absolute atomic E-state index is 0.194. The molecule has 3 N–H and O–H groups in total. The molecule has 1 aromatic carbocycles. The highest BCUT2D eigenvalue weighted by atomic mass is 16.5. The smallest absolute Gasteiger partial charge is 0.250 e. The highest BCUT2D eigenvalue weighted by Gasteiger charge is 2.01. The van der Waals surface area contributed by atoms with Crippen molar-refractivity contribution in [3.05, 3.63) is 34.6 Å². The molecule has 2 rings (SSSR count). The Labute approximate surface area is 80.3 Å². The summed E-state index contributed by atoms with van der Waals surface area (Å²) in [4.78, 5) is 13.8. The van der Waals surface area contributed by atoms with E-state index in [4.69, 9.17) is 10.5 Å². The van der Waals surface area contributed by atoms with E-state index in [9.17, 15) is 4.79 Å². The van der Waals surface area contributed by atoms with Gasteiger partial charge in [-0.1, -0.05) is 0 Å². The molecule has 0 saturated carbocycles. The number of ether oxygens (including phenoxy) is 1. The maximum Gasteiger partial charge on any atom is 0.250 e. The van der Waals surface area contributed by atoms with Crippen molar-refractivity contribution in [1.82, 2.24) is 4.98 Å². The van der Waals surface area contributed by atoms with E-state index >= 15 is 0 Å². The van der Waals surface area contributed by atoms with Crippen LogP contribution in [0.25, 0.3) is 10.9 Å². The summed E-state index contributed by atoms with van der Waals surface area (Å²) in [7, 11) is 1.59. The van der Waals surface area contributed by atoms with Gasteiger partial charge < -0.3 is 15.5 Å². The summed E-state index contributed by atoms with van der Waals surface area (Å²) in [5.74, 6) is 0.719. The number of nitrogen functional groups attached to an aromatic ring is 1. The molecule has 72 valence electrons. The van der Waals surface area contributed by atoms with Gasteiger partial charge in [-0.2, -0.15) is 0 Å². The molecular weight excluding hydrogens is 180 g/mol. The minimum atomic E-state index is -0.194. The Balaban J connectivity index is 2.82. The third-order valence-corrected chi connectivity index (χ3v) is 2.08. The third kappa shape index (κ3) is 1.31. The SMILES string of the molecule is COc1ccc2[nH]c(=O)cc(N)c2c1. The molecule has 0 atom stereocenters. The second-order valence-electron chi connectivity index (χ2n) is 3.00. The van der Waals surface area contributed by atoms with E-state index in [0.717, 1.165) is 16.7 Å². The lowest BCUT2D eigenvalue weighted by Gasteiger charge is -2.03. The summed E-state index contributed by atoms with van der Waals surface area (Å²) in [6, 6.07) is 6.70. The summed E-state index contributed by atoms with van der Waals surface area (Å²) in [6.45, 7) is 0. The summed E-state index contributed by atoms with van der Waals surface area (Å²) < 4.78 is 5.06. The molecule has 0 saturated heterocycles. The molecule has 0 unspecified atom stereocenters. The third-order valence-electron chi connectivity index (χ3n) is 2.08. The molecule has 0 aliphatic rings. The van der Waals surface area contributed by atoms with Crippen molar-refractivity contribution in [1.29, 1.82) is 0 Å². The van der Waals surface area contributed by atoms with Crippen LogP contribution in [0.4, 0.5) is 5.69 Å². The number of fused-ring (bicyclic) bond motifs is 1. The molecule has 4 nitrogen and oxygen atoms in total. The van der Waals surface area contributed by atoms with Gasteiger partial charge in [0.15, 0.2) is 0 Å². The van der Waals surface area contributed by atoms with E-state index < -0.39 is 0 Å². The largest absolute Gasteiger partial charge is 0.497 e. The Hall–Kier alpha value is -1.97. The van der Waals surface area contributed by atoms with Gasteiger partial charge in [-0.3, -0.25) is 4.79 Å². The summed E-state index contributed by atoms with van der Waals surface area (Å²) in [5.41, 5.74) is 6.69. The van der Waals surface area contributed by atoms with Crippen molar-refractivity contribution >= 4 is 16.6 Å². The number of hydrogen-bond donors (Lipinski definition) is 2. The number of nitrogens with two attached hydrogens (primary N) is 1. The first-order valence-corrected chi connectivity index (χ1v) is 4.17. The zero-order chi connectivity index (χ0) is 10.1. The van der Waals surface area contributed by atoms with Crippen LogP contribution in [-0.2, 0) is 0 Å². The second-order valence-corrected chi connectivity index (χ2v) is 3.00. The average Bonchev–Trinajstić information content (AvgIpc) is 2.17. The van der Waals surface area contributed by atoms with E-state index in [0.29, 0.717) is 5.69 Å². The van der Waals surface area contributed by atoms with Crippen molar-refractivity contribution in [2.75, 3.05) is 12.8 Å². The first kappa shape index (κ1) is 8.62. The Kier molecular flexibility index (Phi) is 1.89. The summed E-state index contributed by atoms with van der Waals surface area (Å²) in [5, 5.41) is 0.795. The van der Waals surface area contributed by atoms with Crippen LogP contribution < -0.4 is 16.0 Å². The molecule has 0 aliphatic carbocycles. The van der Waals surface area contributed by atoms with Crippen LogP contribution in [0, 0.1) is 0 Å². The van der Waals surface area contributed by atoms with Crippen molar-refractivity contribution in [2.45, 2.75) is 0 Å².